The monoisotopic (exact) mass is 806 g/mol. The highest BCUT2D eigenvalue weighted by molar-refractivity contribution is 6.30. The average molecular weight is 807 g/mol. The SMILES string of the molecule is CC(C)(C)OC(=O)N(c1cc(Cl)nc2c(/C=C3\CC(=O)NC3=O)cnn12)C1CC1.O=C1C/C(=C\c2cnn3c(NC4CC4)cc(NCc4cccnc4)nc23)C(=O)N1. The molecule has 5 amide bonds. The number of anilines is 3. The Kier molecular flexibility index (Phi) is 10.1. The minimum absolute atomic E-state index is 0.00393. The van der Waals surface area contributed by atoms with E-state index in [0.717, 1.165) is 37.1 Å². The van der Waals surface area contributed by atoms with E-state index >= 15 is 0 Å². The third-order valence-corrected chi connectivity index (χ3v) is 9.47. The number of hydrogen-bond acceptors (Lipinski definition) is 13. The maximum absolute atomic E-state index is 12.9. The molecule has 4 N–H and O–H groups in total. The van der Waals surface area contributed by atoms with Crippen LogP contribution in [0.1, 0.15) is 76.0 Å². The molecule has 2 saturated carbocycles. The number of nitrogens with zero attached hydrogens (tertiary/aromatic N) is 8. The Balaban J connectivity index is 0.000000162. The fourth-order valence-electron chi connectivity index (χ4n) is 6.31. The summed E-state index contributed by atoms with van der Waals surface area (Å²) in [7, 11) is 0. The van der Waals surface area contributed by atoms with E-state index < -0.39 is 17.6 Å². The summed E-state index contributed by atoms with van der Waals surface area (Å²) >= 11 is 6.24. The zero-order chi connectivity index (χ0) is 40.7. The topological polar surface area (TPSA) is 219 Å². The van der Waals surface area contributed by atoms with Crippen LogP contribution in [0.4, 0.5) is 22.2 Å². The molecular formula is C39H39ClN12O6. The lowest BCUT2D eigenvalue weighted by Gasteiger charge is -2.27. The minimum Gasteiger partial charge on any atom is -0.443 e. The molecule has 2 aliphatic heterocycles. The van der Waals surface area contributed by atoms with E-state index in [1.54, 1.807) is 67.0 Å². The minimum atomic E-state index is -0.651. The smallest absolute Gasteiger partial charge is 0.416 e. The van der Waals surface area contributed by atoms with Gasteiger partial charge in [-0.05, 0) is 70.2 Å². The van der Waals surface area contributed by atoms with Crippen molar-refractivity contribution in [1.82, 2.24) is 44.8 Å². The first-order valence-electron chi connectivity index (χ1n) is 18.7. The van der Waals surface area contributed by atoms with Crippen molar-refractivity contribution >= 4 is 82.2 Å². The Morgan fingerprint density at radius 3 is 2.10 bits per heavy atom. The van der Waals surface area contributed by atoms with E-state index in [1.165, 1.54) is 10.7 Å². The maximum atomic E-state index is 12.9. The number of imide groups is 2. The molecule has 19 heteroatoms. The van der Waals surface area contributed by atoms with Gasteiger partial charge >= 0.3 is 6.09 Å². The van der Waals surface area contributed by atoms with E-state index in [9.17, 15) is 24.0 Å². The number of aromatic nitrogens is 7. The first-order valence-corrected chi connectivity index (χ1v) is 19.1. The van der Waals surface area contributed by atoms with E-state index in [-0.39, 0.29) is 41.8 Å². The van der Waals surface area contributed by atoms with Crippen molar-refractivity contribution in [3.63, 3.8) is 0 Å². The number of amides is 5. The van der Waals surface area contributed by atoms with Gasteiger partial charge in [0.15, 0.2) is 11.3 Å². The van der Waals surface area contributed by atoms with Crippen LogP contribution in [0, 0.1) is 0 Å². The van der Waals surface area contributed by atoms with Gasteiger partial charge in [-0.3, -0.25) is 39.7 Å². The molecule has 2 aliphatic carbocycles. The molecule has 0 radical (unpaired) electrons. The van der Waals surface area contributed by atoms with Gasteiger partial charge in [0.1, 0.15) is 28.2 Å². The number of carbonyl (C=O) groups excluding carboxylic acids is 5. The van der Waals surface area contributed by atoms with Gasteiger partial charge in [0.2, 0.25) is 11.8 Å². The van der Waals surface area contributed by atoms with Gasteiger partial charge < -0.3 is 15.4 Å². The third-order valence-electron chi connectivity index (χ3n) is 9.27. The van der Waals surface area contributed by atoms with Gasteiger partial charge in [-0.25, -0.2) is 14.8 Å². The van der Waals surface area contributed by atoms with Crippen LogP contribution in [0.15, 0.2) is 60.2 Å². The highest BCUT2D eigenvalue weighted by Crippen LogP contribution is 2.35. The molecule has 18 nitrogen and oxygen atoms in total. The summed E-state index contributed by atoms with van der Waals surface area (Å²) in [6.45, 7) is 5.99. The maximum Gasteiger partial charge on any atom is 0.416 e. The Morgan fingerprint density at radius 2 is 1.55 bits per heavy atom. The second kappa shape index (κ2) is 15.3. The van der Waals surface area contributed by atoms with Crippen LogP contribution in [-0.2, 0) is 30.5 Å². The molecule has 0 aromatic carbocycles. The molecule has 5 aromatic heterocycles. The number of ether oxygens (including phenoxy) is 1. The molecule has 0 atom stereocenters. The third kappa shape index (κ3) is 8.66. The average Bonchev–Trinajstić information content (AvgIpc) is 4.03. The van der Waals surface area contributed by atoms with Crippen molar-refractivity contribution in [3.8, 4) is 0 Å². The molecule has 7 heterocycles. The van der Waals surface area contributed by atoms with E-state index in [0.29, 0.717) is 57.8 Å². The van der Waals surface area contributed by atoms with Gasteiger partial charge in [0.25, 0.3) is 11.8 Å². The predicted octanol–water partition coefficient (Wildman–Crippen LogP) is 4.46. The first-order chi connectivity index (χ1) is 27.8. The number of hydrogen-bond donors (Lipinski definition) is 4. The lowest BCUT2D eigenvalue weighted by Crippen LogP contribution is -2.39. The quantitative estimate of drug-likeness (QED) is 0.0920. The molecule has 4 fully saturated rings. The molecule has 2 saturated heterocycles. The number of halogens is 1. The van der Waals surface area contributed by atoms with Crippen molar-refractivity contribution in [3.05, 3.63) is 82.0 Å². The molecule has 298 valence electrons. The fraction of sp³-hybridized carbons (Fsp3) is 0.333. The number of carbonyl (C=O) groups is 5. The Bertz CT molecular complexity index is 2550. The summed E-state index contributed by atoms with van der Waals surface area (Å²) in [5.74, 6) is 0.518. The Labute approximate surface area is 336 Å². The van der Waals surface area contributed by atoms with Crippen LogP contribution in [0.25, 0.3) is 23.4 Å². The summed E-state index contributed by atoms with van der Waals surface area (Å²) in [5.41, 5.74) is 3.33. The van der Waals surface area contributed by atoms with Gasteiger partial charge in [0.05, 0.1) is 25.2 Å². The number of fused-ring (bicyclic) bond motifs is 2. The van der Waals surface area contributed by atoms with Gasteiger partial charge in [-0.15, -0.1) is 0 Å². The summed E-state index contributed by atoms with van der Waals surface area (Å²) in [6.07, 6.45) is 13.5. The van der Waals surface area contributed by atoms with Gasteiger partial charge in [-0.1, -0.05) is 17.7 Å². The number of pyridine rings is 1. The van der Waals surface area contributed by atoms with Crippen LogP contribution in [0.3, 0.4) is 0 Å². The summed E-state index contributed by atoms with van der Waals surface area (Å²) in [5, 5.41) is 20.3. The molecule has 58 heavy (non-hydrogen) atoms. The number of nitrogens with one attached hydrogen (secondary N) is 4. The van der Waals surface area contributed by atoms with E-state index in [4.69, 9.17) is 21.3 Å². The standard InChI is InChI=1S/C20H19N7O2.C19H20ClN5O4/c28-18-7-13(20(29)26-18)6-14-11-23-27-17(24-15-3-4-15)8-16(25-19(14)27)22-10-12-2-1-5-21-9-12;1-19(2,3)29-18(28)24(12-4-5-12)15-8-13(20)22-16-11(9-21-25(15)16)6-10-7-14(26)23-17(10)27/h1-2,5-6,8-9,11,15,24H,3-4,7,10H2,(H,22,25)(H,26,28,29);6,8-9,12H,4-5,7H2,1-3H3,(H,23,26,27)/b13-6+;10-6+. The number of rotatable bonds is 9. The van der Waals surface area contributed by atoms with Crippen molar-refractivity contribution in [2.24, 2.45) is 0 Å². The Morgan fingerprint density at radius 1 is 0.914 bits per heavy atom. The molecule has 5 aromatic rings. The molecule has 0 unspecified atom stereocenters. The first kappa shape index (κ1) is 38.2. The van der Waals surface area contributed by atoms with Crippen molar-refractivity contribution in [2.75, 3.05) is 15.5 Å². The second-order valence-corrected chi connectivity index (χ2v) is 15.7. The zero-order valence-electron chi connectivity index (χ0n) is 31.8. The van der Waals surface area contributed by atoms with Gasteiger partial charge in [0, 0.05) is 65.4 Å². The summed E-state index contributed by atoms with van der Waals surface area (Å²) in [4.78, 5) is 74.2. The van der Waals surface area contributed by atoms with Crippen LogP contribution in [-0.4, -0.2) is 81.6 Å². The summed E-state index contributed by atoms with van der Waals surface area (Å²) in [6, 6.07) is 7.81. The van der Waals surface area contributed by atoms with Crippen LogP contribution in [0.2, 0.25) is 5.15 Å². The zero-order valence-corrected chi connectivity index (χ0v) is 32.5. The van der Waals surface area contributed by atoms with Crippen LogP contribution >= 0.6 is 11.6 Å². The lowest BCUT2D eigenvalue weighted by atomic mass is 10.1. The largest absolute Gasteiger partial charge is 0.443 e. The normalized spacial score (nSPS) is 18.1. The molecule has 0 spiro atoms. The van der Waals surface area contributed by atoms with Gasteiger partial charge in [-0.2, -0.15) is 19.2 Å². The van der Waals surface area contributed by atoms with Crippen molar-refractivity contribution in [2.45, 2.75) is 83.5 Å². The van der Waals surface area contributed by atoms with Crippen molar-refractivity contribution in [1.29, 1.82) is 0 Å². The fourth-order valence-corrected chi connectivity index (χ4v) is 6.48. The van der Waals surface area contributed by atoms with E-state index in [1.807, 2.05) is 18.2 Å². The highest BCUT2D eigenvalue weighted by atomic mass is 35.5. The predicted molar refractivity (Wildman–Crippen MR) is 212 cm³/mol. The molecule has 4 aliphatic rings. The van der Waals surface area contributed by atoms with Crippen molar-refractivity contribution < 1.29 is 28.7 Å². The highest BCUT2D eigenvalue weighted by Gasteiger charge is 2.38. The second-order valence-electron chi connectivity index (χ2n) is 15.3. The van der Waals surface area contributed by atoms with E-state index in [2.05, 4.69) is 41.4 Å². The van der Waals surface area contributed by atoms with Crippen LogP contribution in [0.5, 0.6) is 0 Å². The molecule has 0 bridgehead atoms. The van der Waals surface area contributed by atoms with Crippen LogP contribution < -0.4 is 26.2 Å². The summed E-state index contributed by atoms with van der Waals surface area (Å²) < 4.78 is 8.79. The molecule has 9 rings (SSSR count). The molecular weight excluding hydrogens is 768 g/mol. The Hall–Kier alpha value is -6.69. The lowest BCUT2D eigenvalue weighted by molar-refractivity contribution is -0.125.